The molecule has 31 heavy (non-hydrogen) atoms. The number of pyridine rings is 1. The maximum Gasteiger partial charge on any atom is 0.0669 e. The molecular weight excluding hydrogens is 564 g/mol. The van der Waals surface area contributed by atoms with Gasteiger partial charge in [0.2, 0.25) is 0 Å². The molecule has 0 unspecified atom stereocenters. The van der Waals surface area contributed by atoms with E-state index in [1.165, 1.54) is 39.4 Å². The van der Waals surface area contributed by atoms with E-state index in [-0.39, 0.29) is 25.9 Å². The minimum atomic E-state index is -0.281. The summed E-state index contributed by atoms with van der Waals surface area (Å²) in [4.78, 5) is 4.97. The number of fused-ring (bicyclic) bond motifs is 6. The molecular formula is C27H24FIrN2-. The number of nitrogens with zero attached hydrogens (tertiary/aromatic N) is 2. The molecule has 2 nitrogen and oxygen atoms in total. The largest absolute Gasteiger partial charge is 0.333 e. The van der Waals surface area contributed by atoms with E-state index in [0.717, 1.165) is 38.7 Å². The van der Waals surface area contributed by atoms with Crippen LogP contribution in [0.3, 0.4) is 0 Å². The first-order valence-electron chi connectivity index (χ1n) is 10.3. The van der Waals surface area contributed by atoms with E-state index in [1.54, 1.807) is 6.07 Å². The Morgan fingerprint density at radius 1 is 0.839 bits per heavy atom. The molecule has 5 aromatic rings. The van der Waals surface area contributed by atoms with Crippen molar-refractivity contribution in [2.24, 2.45) is 0 Å². The van der Waals surface area contributed by atoms with E-state index in [0.29, 0.717) is 0 Å². The molecule has 0 aliphatic carbocycles. The van der Waals surface area contributed by atoms with Crippen LogP contribution in [0.5, 0.6) is 0 Å². The van der Waals surface area contributed by atoms with Gasteiger partial charge in [0.25, 0.3) is 0 Å². The van der Waals surface area contributed by atoms with Gasteiger partial charge in [-0.15, -0.1) is 18.2 Å². The van der Waals surface area contributed by atoms with Crippen molar-refractivity contribution < 1.29 is 24.5 Å². The van der Waals surface area contributed by atoms with Crippen LogP contribution in [-0.4, -0.2) is 9.38 Å². The minimum absolute atomic E-state index is 0. The van der Waals surface area contributed by atoms with E-state index in [9.17, 15) is 4.39 Å². The zero-order chi connectivity index (χ0) is 21.3. The third-order valence-electron chi connectivity index (χ3n) is 6.85. The van der Waals surface area contributed by atoms with Crippen molar-refractivity contribution in [3.63, 3.8) is 0 Å². The smallest absolute Gasteiger partial charge is 0.0669 e. The summed E-state index contributed by atoms with van der Waals surface area (Å²) in [5.41, 5.74) is 11.7. The molecule has 0 saturated carbocycles. The summed E-state index contributed by atoms with van der Waals surface area (Å²) in [5.74, 6) is -0.281. The second-order valence-electron chi connectivity index (χ2n) is 8.33. The number of benzene rings is 3. The van der Waals surface area contributed by atoms with Crippen LogP contribution in [0.1, 0.15) is 33.5 Å². The first-order chi connectivity index (χ1) is 14.3. The fourth-order valence-corrected chi connectivity index (χ4v) is 4.84. The quantitative estimate of drug-likeness (QED) is 0.151. The molecule has 0 atom stereocenters. The van der Waals surface area contributed by atoms with Crippen LogP contribution in [0.15, 0.2) is 36.4 Å². The zero-order valence-electron chi connectivity index (χ0n) is 18.6. The van der Waals surface area contributed by atoms with Crippen molar-refractivity contribution in [2.45, 2.75) is 41.5 Å². The van der Waals surface area contributed by atoms with Crippen LogP contribution in [0.2, 0.25) is 0 Å². The molecule has 0 fully saturated rings. The Balaban J connectivity index is 0.00000231. The van der Waals surface area contributed by atoms with Gasteiger partial charge in [-0.1, -0.05) is 29.0 Å². The molecule has 0 spiro atoms. The van der Waals surface area contributed by atoms with Gasteiger partial charge in [-0.05, 0) is 80.8 Å². The van der Waals surface area contributed by atoms with Gasteiger partial charge in [0.05, 0.1) is 17.0 Å². The first kappa shape index (κ1) is 21.7. The van der Waals surface area contributed by atoms with E-state index >= 15 is 0 Å². The number of halogens is 1. The summed E-state index contributed by atoms with van der Waals surface area (Å²) < 4.78 is 16.3. The molecule has 0 bridgehead atoms. The molecule has 0 amide bonds. The fourth-order valence-electron chi connectivity index (χ4n) is 4.84. The summed E-state index contributed by atoms with van der Waals surface area (Å²) in [5, 5.41) is 2.70. The van der Waals surface area contributed by atoms with Gasteiger partial charge in [-0.2, -0.15) is 0 Å². The molecule has 5 rings (SSSR count). The SMILES string of the molecule is Cc1nc2c3[c-]cc(F)cc3c3ccccc3n2c1-c1c(C)c(C)c(C)c(C)c1C.[Ir]. The average molecular weight is 588 g/mol. The van der Waals surface area contributed by atoms with Crippen molar-refractivity contribution in [3.05, 3.63) is 81.8 Å². The Labute approximate surface area is 195 Å². The molecule has 2 aromatic heterocycles. The second kappa shape index (κ2) is 7.54. The van der Waals surface area contributed by atoms with Gasteiger partial charge in [0.1, 0.15) is 0 Å². The number of para-hydroxylation sites is 1. The Kier molecular flexibility index (Phi) is 5.27. The number of rotatable bonds is 1. The summed E-state index contributed by atoms with van der Waals surface area (Å²) >= 11 is 0. The van der Waals surface area contributed by atoms with Gasteiger partial charge in [0.15, 0.2) is 0 Å². The molecule has 4 heteroatoms. The van der Waals surface area contributed by atoms with Gasteiger partial charge in [-0.25, -0.2) is 0 Å². The predicted octanol–water partition coefficient (Wildman–Crippen LogP) is 7.10. The van der Waals surface area contributed by atoms with Gasteiger partial charge in [-0.3, -0.25) is 9.37 Å². The van der Waals surface area contributed by atoms with E-state index in [4.69, 9.17) is 4.98 Å². The number of imidazole rings is 1. The van der Waals surface area contributed by atoms with Crippen molar-refractivity contribution in [2.75, 3.05) is 0 Å². The van der Waals surface area contributed by atoms with Crippen LogP contribution in [0, 0.1) is 53.4 Å². The molecule has 0 aliphatic rings. The van der Waals surface area contributed by atoms with Crippen molar-refractivity contribution in [1.82, 2.24) is 9.38 Å². The van der Waals surface area contributed by atoms with E-state index < -0.39 is 0 Å². The maximum atomic E-state index is 14.1. The first-order valence-corrected chi connectivity index (χ1v) is 10.3. The average Bonchev–Trinajstić information content (AvgIpc) is 3.08. The van der Waals surface area contributed by atoms with Crippen LogP contribution >= 0.6 is 0 Å². The van der Waals surface area contributed by atoms with Gasteiger partial charge >= 0.3 is 0 Å². The third kappa shape index (κ3) is 2.96. The standard InChI is InChI=1S/C27H24FN2.Ir/c1-14-15(2)17(4)25(18(5)16(14)3)26-19(6)29-27-22-12-11-20(28)13-23(22)21-9-7-8-10-24(21)30(26)27;/h7-11,13H,1-6H3;/q-1;. The van der Waals surface area contributed by atoms with E-state index in [2.05, 4.69) is 64.1 Å². The molecule has 3 aromatic carbocycles. The van der Waals surface area contributed by atoms with Crippen molar-refractivity contribution >= 4 is 27.3 Å². The third-order valence-corrected chi connectivity index (χ3v) is 6.85. The minimum Gasteiger partial charge on any atom is -0.333 e. The Hall–Kier alpha value is -2.55. The second-order valence-corrected chi connectivity index (χ2v) is 8.33. The Morgan fingerprint density at radius 2 is 1.45 bits per heavy atom. The maximum absolute atomic E-state index is 14.1. The molecule has 159 valence electrons. The van der Waals surface area contributed by atoms with Gasteiger partial charge in [0, 0.05) is 37.0 Å². The van der Waals surface area contributed by atoms with Crippen LogP contribution in [-0.2, 0) is 20.1 Å². The number of aryl methyl sites for hydroxylation is 1. The molecule has 1 radical (unpaired) electrons. The molecule has 0 aliphatic heterocycles. The van der Waals surface area contributed by atoms with Crippen LogP contribution in [0.25, 0.3) is 38.6 Å². The fraction of sp³-hybridized carbons (Fsp3) is 0.222. The van der Waals surface area contributed by atoms with E-state index in [1.807, 2.05) is 12.1 Å². The monoisotopic (exact) mass is 588 g/mol. The number of hydrogen-bond acceptors (Lipinski definition) is 1. The molecule has 0 saturated heterocycles. The zero-order valence-corrected chi connectivity index (χ0v) is 21.0. The summed E-state index contributed by atoms with van der Waals surface area (Å²) in [7, 11) is 0. The van der Waals surface area contributed by atoms with Gasteiger partial charge < -0.3 is 4.40 Å². The normalized spacial score (nSPS) is 11.5. The van der Waals surface area contributed by atoms with Crippen LogP contribution < -0.4 is 0 Å². The molecule has 0 N–H and O–H groups in total. The topological polar surface area (TPSA) is 17.3 Å². The molecule has 2 heterocycles. The summed E-state index contributed by atoms with van der Waals surface area (Å²) in [6.07, 6.45) is 0. The Bertz CT molecular complexity index is 1480. The predicted molar refractivity (Wildman–Crippen MR) is 123 cm³/mol. The number of hydrogen-bond donors (Lipinski definition) is 0. The Morgan fingerprint density at radius 3 is 2.13 bits per heavy atom. The van der Waals surface area contributed by atoms with Crippen LogP contribution in [0.4, 0.5) is 4.39 Å². The van der Waals surface area contributed by atoms with Crippen molar-refractivity contribution in [3.8, 4) is 11.3 Å². The summed E-state index contributed by atoms with van der Waals surface area (Å²) in [6, 6.07) is 14.3. The van der Waals surface area contributed by atoms with Crippen molar-refractivity contribution in [1.29, 1.82) is 0 Å². The summed E-state index contributed by atoms with van der Waals surface area (Å²) in [6.45, 7) is 13.1. The number of aromatic nitrogens is 2.